The Kier molecular flexibility index (Phi) is 11.8. The van der Waals surface area contributed by atoms with E-state index >= 15 is 0 Å². The Labute approximate surface area is 114 Å². The van der Waals surface area contributed by atoms with Gasteiger partial charge in [-0.1, -0.05) is 6.08 Å². The summed E-state index contributed by atoms with van der Waals surface area (Å²) in [6, 6.07) is 0. The van der Waals surface area contributed by atoms with Crippen molar-refractivity contribution in [1.29, 1.82) is 0 Å². The predicted octanol–water partition coefficient (Wildman–Crippen LogP) is 0.434. The third kappa shape index (κ3) is 8.51. The molecule has 2 N–H and O–H groups in total. The monoisotopic (exact) mass is 340 g/mol. The van der Waals surface area contributed by atoms with E-state index in [1.807, 2.05) is 6.92 Å². The molecule has 0 aromatic rings. The summed E-state index contributed by atoms with van der Waals surface area (Å²) in [6.07, 6.45) is 1.74. The van der Waals surface area contributed by atoms with Crippen LogP contribution in [0.3, 0.4) is 0 Å². The van der Waals surface area contributed by atoms with E-state index in [0.29, 0.717) is 12.5 Å². The molecule has 0 aliphatic carbocycles. The molecule has 0 unspecified atom stereocenters. The standard InChI is InChI=1S/C10H20N4O.HI/c1-5-7-12-10(11-6-2)13-8-9(15)14(3)4;/h5H,1,6-8H2,2-4H3,(H2,11,12,13);1H. The van der Waals surface area contributed by atoms with Crippen LogP contribution in [0.4, 0.5) is 0 Å². The van der Waals surface area contributed by atoms with E-state index in [9.17, 15) is 4.79 Å². The molecule has 0 radical (unpaired) electrons. The smallest absolute Gasteiger partial charge is 0.243 e. The molecule has 94 valence electrons. The van der Waals surface area contributed by atoms with Gasteiger partial charge in [-0.25, -0.2) is 4.99 Å². The van der Waals surface area contributed by atoms with E-state index in [2.05, 4.69) is 22.2 Å². The van der Waals surface area contributed by atoms with Crippen LogP contribution in [0.2, 0.25) is 0 Å². The minimum atomic E-state index is -0.0224. The van der Waals surface area contributed by atoms with Crippen molar-refractivity contribution < 1.29 is 4.79 Å². The van der Waals surface area contributed by atoms with Gasteiger partial charge in [-0.2, -0.15) is 0 Å². The van der Waals surface area contributed by atoms with Gasteiger partial charge >= 0.3 is 0 Å². The maximum Gasteiger partial charge on any atom is 0.243 e. The summed E-state index contributed by atoms with van der Waals surface area (Å²) in [4.78, 5) is 16.9. The van der Waals surface area contributed by atoms with Crippen LogP contribution in [0.25, 0.3) is 0 Å². The third-order valence-electron chi connectivity index (χ3n) is 1.63. The molecule has 0 aliphatic heterocycles. The van der Waals surface area contributed by atoms with Crippen LogP contribution in [0.1, 0.15) is 6.92 Å². The van der Waals surface area contributed by atoms with Crippen molar-refractivity contribution in [1.82, 2.24) is 15.5 Å². The van der Waals surface area contributed by atoms with Gasteiger partial charge in [0.1, 0.15) is 6.54 Å². The van der Waals surface area contributed by atoms with E-state index in [-0.39, 0.29) is 36.4 Å². The number of nitrogens with one attached hydrogen (secondary N) is 2. The van der Waals surface area contributed by atoms with Crippen LogP contribution in [-0.2, 0) is 4.79 Å². The number of aliphatic imine (C=N–C) groups is 1. The first-order valence-corrected chi connectivity index (χ1v) is 4.95. The molecule has 0 aromatic carbocycles. The van der Waals surface area contributed by atoms with Crippen molar-refractivity contribution in [3.05, 3.63) is 12.7 Å². The van der Waals surface area contributed by atoms with E-state index in [4.69, 9.17) is 0 Å². The van der Waals surface area contributed by atoms with Crippen LogP contribution in [-0.4, -0.2) is 50.5 Å². The number of halogens is 1. The molecule has 0 saturated carbocycles. The summed E-state index contributed by atoms with van der Waals surface area (Å²) in [6.45, 7) is 7.11. The molecule has 1 amide bonds. The molecule has 0 bridgehead atoms. The molecule has 0 heterocycles. The van der Waals surface area contributed by atoms with E-state index < -0.39 is 0 Å². The number of hydrogen-bond donors (Lipinski definition) is 2. The number of hydrogen-bond acceptors (Lipinski definition) is 2. The number of nitrogens with zero attached hydrogens (tertiary/aromatic N) is 2. The highest BCUT2D eigenvalue weighted by atomic mass is 127. The Morgan fingerprint density at radius 1 is 1.44 bits per heavy atom. The summed E-state index contributed by atoms with van der Waals surface area (Å²) in [5.41, 5.74) is 0. The molecule has 0 spiro atoms. The minimum Gasteiger partial charge on any atom is -0.357 e. The van der Waals surface area contributed by atoms with Gasteiger partial charge in [0.15, 0.2) is 5.96 Å². The second kappa shape index (κ2) is 10.7. The molecule has 0 saturated heterocycles. The van der Waals surface area contributed by atoms with Gasteiger partial charge in [-0.05, 0) is 6.92 Å². The summed E-state index contributed by atoms with van der Waals surface area (Å²) in [5, 5.41) is 6.05. The summed E-state index contributed by atoms with van der Waals surface area (Å²) in [7, 11) is 3.42. The summed E-state index contributed by atoms with van der Waals surface area (Å²) in [5.74, 6) is 0.610. The lowest BCUT2D eigenvalue weighted by Crippen LogP contribution is -2.38. The van der Waals surface area contributed by atoms with Gasteiger partial charge in [-0.3, -0.25) is 4.79 Å². The summed E-state index contributed by atoms with van der Waals surface area (Å²) >= 11 is 0. The lowest BCUT2D eigenvalue weighted by molar-refractivity contribution is -0.127. The highest BCUT2D eigenvalue weighted by molar-refractivity contribution is 14.0. The number of carbonyl (C=O) groups excluding carboxylic acids is 1. The van der Waals surface area contributed by atoms with Crippen molar-refractivity contribution in [3.8, 4) is 0 Å². The van der Waals surface area contributed by atoms with Crippen LogP contribution < -0.4 is 10.6 Å². The van der Waals surface area contributed by atoms with Gasteiger partial charge in [0, 0.05) is 27.2 Å². The maximum absolute atomic E-state index is 11.3. The number of guanidine groups is 1. The van der Waals surface area contributed by atoms with Crippen LogP contribution >= 0.6 is 24.0 Å². The number of rotatable bonds is 5. The van der Waals surface area contributed by atoms with Crippen molar-refractivity contribution in [2.75, 3.05) is 33.7 Å². The molecule has 0 atom stereocenters. The molecule has 5 nitrogen and oxygen atoms in total. The fourth-order valence-corrected chi connectivity index (χ4v) is 0.799. The lowest BCUT2D eigenvalue weighted by Gasteiger charge is -2.11. The first-order chi connectivity index (χ1) is 7.11. The van der Waals surface area contributed by atoms with E-state index in [0.717, 1.165) is 6.54 Å². The van der Waals surface area contributed by atoms with Crippen molar-refractivity contribution >= 4 is 35.8 Å². The third-order valence-corrected chi connectivity index (χ3v) is 1.63. The van der Waals surface area contributed by atoms with Crippen molar-refractivity contribution in [3.63, 3.8) is 0 Å². The van der Waals surface area contributed by atoms with E-state index in [1.54, 1.807) is 20.2 Å². The molecule has 0 aromatic heterocycles. The topological polar surface area (TPSA) is 56.7 Å². The zero-order valence-electron chi connectivity index (χ0n) is 10.1. The van der Waals surface area contributed by atoms with Gasteiger partial charge in [0.05, 0.1) is 0 Å². The fourth-order valence-electron chi connectivity index (χ4n) is 0.799. The Morgan fingerprint density at radius 3 is 2.50 bits per heavy atom. The Balaban J connectivity index is 0. The van der Waals surface area contributed by atoms with Gasteiger partial charge in [-0.15, -0.1) is 30.6 Å². The van der Waals surface area contributed by atoms with E-state index in [1.165, 1.54) is 4.90 Å². The average Bonchev–Trinajstić information content (AvgIpc) is 2.21. The Hall–Kier alpha value is -0.790. The minimum absolute atomic E-state index is 0. The zero-order valence-corrected chi connectivity index (χ0v) is 12.4. The Bertz CT molecular complexity index is 241. The molecule has 0 rings (SSSR count). The average molecular weight is 340 g/mol. The normalized spacial score (nSPS) is 10.1. The van der Waals surface area contributed by atoms with Crippen LogP contribution in [0.15, 0.2) is 17.6 Å². The number of likely N-dealkylation sites (N-methyl/N-ethyl adjacent to an activating group) is 1. The fraction of sp³-hybridized carbons (Fsp3) is 0.600. The summed E-state index contributed by atoms with van der Waals surface area (Å²) < 4.78 is 0. The first kappa shape index (κ1) is 17.6. The number of amides is 1. The quantitative estimate of drug-likeness (QED) is 0.330. The zero-order chi connectivity index (χ0) is 11.7. The SMILES string of the molecule is C=CCNC(=NCC(=O)N(C)C)NCC.I. The molecule has 0 fully saturated rings. The van der Waals surface area contributed by atoms with Crippen LogP contribution in [0, 0.1) is 0 Å². The number of carbonyl (C=O) groups is 1. The largest absolute Gasteiger partial charge is 0.357 e. The van der Waals surface area contributed by atoms with Gasteiger partial charge in [0.2, 0.25) is 5.91 Å². The first-order valence-electron chi connectivity index (χ1n) is 4.95. The van der Waals surface area contributed by atoms with Gasteiger partial charge in [0.25, 0.3) is 0 Å². The molecular formula is C10H21IN4O. The molecule has 6 heteroatoms. The molecule has 0 aliphatic rings. The highest BCUT2D eigenvalue weighted by Crippen LogP contribution is 1.81. The van der Waals surface area contributed by atoms with Crippen LogP contribution in [0.5, 0.6) is 0 Å². The van der Waals surface area contributed by atoms with Crippen molar-refractivity contribution in [2.45, 2.75) is 6.92 Å². The Morgan fingerprint density at radius 2 is 2.06 bits per heavy atom. The van der Waals surface area contributed by atoms with Gasteiger partial charge < -0.3 is 15.5 Å². The lowest BCUT2D eigenvalue weighted by atomic mass is 10.5. The second-order valence-corrected chi connectivity index (χ2v) is 3.15. The molecule has 16 heavy (non-hydrogen) atoms. The molecular weight excluding hydrogens is 319 g/mol. The maximum atomic E-state index is 11.3. The van der Waals surface area contributed by atoms with Crippen molar-refractivity contribution in [2.24, 2.45) is 4.99 Å². The predicted molar refractivity (Wildman–Crippen MR) is 78.3 cm³/mol. The highest BCUT2D eigenvalue weighted by Gasteiger charge is 2.02. The second-order valence-electron chi connectivity index (χ2n) is 3.15.